The topological polar surface area (TPSA) is 9.86 Å². The lowest BCUT2D eigenvalue weighted by Gasteiger charge is -2.20. The van der Waals surface area contributed by atoms with Gasteiger partial charge in [-0.05, 0) is 57.7 Å². The van der Waals surface area contributed by atoms with Gasteiger partial charge in [0.2, 0.25) is 0 Å². The van der Waals surface area contributed by atoms with Crippen LogP contribution in [0.5, 0.6) is 0 Å². The smallest absolute Gasteiger partial charge is 0.0789 e. The van der Waals surface area contributed by atoms with Crippen molar-refractivity contribution in [2.45, 2.75) is 52.4 Å². The Morgan fingerprint density at radius 3 is 1.43 bits per heavy atom. The monoisotopic (exact) mass is 570 g/mol. The van der Waals surface area contributed by atoms with Gasteiger partial charge in [0.05, 0.1) is 22.1 Å². The fourth-order valence-electron chi connectivity index (χ4n) is 7.06. The van der Waals surface area contributed by atoms with Gasteiger partial charge in [-0.2, -0.15) is 0 Å². The second kappa shape index (κ2) is 9.34. The van der Waals surface area contributed by atoms with E-state index in [-0.39, 0.29) is 10.8 Å². The molecule has 0 spiro atoms. The van der Waals surface area contributed by atoms with E-state index in [9.17, 15) is 0 Å². The van der Waals surface area contributed by atoms with E-state index in [1.807, 2.05) is 0 Å². The van der Waals surface area contributed by atoms with Crippen LogP contribution in [0, 0.1) is 0 Å². The molecule has 44 heavy (non-hydrogen) atoms. The van der Waals surface area contributed by atoms with Crippen molar-refractivity contribution in [3.63, 3.8) is 0 Å². The minimum absolute atomic E-state index is 0.0883. The molecule has 0 N–H and O–H groups in total. The van der Waals surface area contributed by atoms with Crippen LogP contribution in [0.25, 0.3) is 65.8 Å². The van der Waals surface area contributed by atoms with Gasteiger partial charge in [-0.25, -0.2) is 0 Å². The Balaban J connectivity index is 1.58. The maximum absolute atomic E-state index is 2.53. The van der Waals surface area contributed by atoms with Crippen LogP contribution in [-0.2, 0) is 10.8 Å². The zero-order valence-corrected chi connectivity index (χ0v) is 26.4. The Hall–Kier alpha value is -4.82. The molecule has 2 heteroatoms. The number of hydrogen-bond donors (Lipinski definition) is 0. The Labute approximate surface area is 259 Å². The fourth-order valence-corrected chi connectivity index (χ4v) is 7.06. The summed E-state index contributed by atoms with van der Waals surface area (Å²) >= 11 is 0. The van der Waals surface area contributed by atoms with Crippen molar-refractivity contribution in [2.75, 3.05) is 0 Å². The first kappa shape index (κ1) is 26.8. The van der Waals surface area contributed by atoms with E-state index in [0.29, 0.717) is 0 Å². The second-order valence-corrected chi connectivity index (χ2v) is 14.3. The van der Waals surface area contributed by atoms with Gasteiger partial charge in [0, 0.05) is 38.3 Å². The summed E-state index contributed by atoms with van der Waals surface area (Å²) in [6, 6.07) is 45.3. The van der Waals surface area contributed by atoms with Crippen LogP contribution in [-0.4, -0.2) is 9.13 Å². The number of para-hydroxylation sites is 1. The highest BCUT2D eigenvalue weighted by atomic mass is 15.0. The van der Waals surface area contributed by atoms with E-state index in [4.69, 9.17) is 0 Å². The molecule has 2 nitrogen and oxygen atoms in total. The van der Waals surface area contributed by atoms with Crippen molar-refractivity contribution < 1.29 is 0 Å². The molecule has 0 unspecified atom stereocenters. The van der Waals surface area contributed by atoms with Crippen molar-refractivity contribution >= 4 is 54.4 Å². The Morgan fingerprint density at radius 2 is 0.818 bits per heavy atom. The predicted octanol–water partition coefficient (Wildman–Crippen LogP) is 11.6. The molecule has 0 aliphatic rings. The molecule has 0 atom stereocenters. The van der Waals surface area contributed by atoms with Crippen LogP contribution in [0.3, 0.4) is 0 Å². The lowest BCUT2D eigenvalue weighted by Crippen LogP contribution is -2.11. The third-order valence-electron chi connectivity index (χ3n) is 9.43. The van der Waals surface area contributed by atoms with Gasteiger partial charge in [0.25, 0.3) is 0 Å². The normalized spacial score (nSPS) is 12.8. The average molecular weight is 571 g/mol. The molecule has 0 radical (unpaired) electrons. The minimum atomic E-state index is 0.0883. The summed E-state index contributed by atoms with van der Waals surface area (Å²) in [4.78, 5) is 0. The van der Waals surface area contributed by atoms with Crippen LogP contribution < -0.4 is 0 Å². The molecule has 6 aromatic carbocycles. The Kier molecular flexibility index (Phi) is 5.68. The van der Waals surface area contributed by atoms with Crippen molar-refractivity contribution in [2.24, 2.45) is 0 Å². The Bertz CT molecular complexity index is 2370. The standard InChI is InChI=1S/C42H38N2/c1-41(2,3)28-16-20-30(21-17-28)43-37-14-10-9-13-33(37)34-25-26-36-35-24-15-27-11-7-8-12-32(27)38(35)44(40(36)39(34)43)31-22-18-29(19-23-31)42(4,5)6/h7-26H,1-6H3. The number of fused-ring (bicyclic) bond motifs is 9. The number of hydrogen-bond acceptors (Lipinski definition) is 0. The van der Waals surface area contributed by atoms with E-state index in [2.05, 4.69) is 172 Å². The molecular weight excluding hydrogens is 532 g/mol. The Morgan fingerprint density at radius 1 is 0.364 bits per heavy atom. The van der Waals surface area contributed by atoms with Gasteiger partial charge in [-0.15, -0.1) is 0 Å². The molecular formula is C42H38N2. The fraction of sp³-hybridized carbons (Fsp3) is 0.190. The van der Waals surface area contributed by atoms with E-state index in [0.717, 1.165) is 0 Å². The quantitative estimate of drug-likeness (QED) is 0.196. The third kappa shape index (κ3) is 3.94. The zero-order valence-electron chi connectivity index (χ0n) is 26.4. The number of nitrogens with zero attached hydrogens (tertiary/aromatic N) is 2. The molecule has 0 bridgehead atoms. The van der Waals surface area contributed by atoms with Crippen molar-refractivity contribution in [1.29, 1.82) is 0 Å². The molecule has 2 heterocycles. The SMILES string of the molecule is CC(C)(C)c1ccc(-n2c3ccccc3c3ccc4c5ccc6ccccc6c5n(-c5ccc(C(C)(C)C)cc5)c4c32)cc1. The first-order chi connectivity index (χ1) is 21.1. The van der Waals surface area contributed by atoms with E-state index < -0.39 is 0 Å². The summed E-state index contributed by atoms with van der Waals surface area (Å²) in [5.74, 6) is 0. The zero-order chi connectivity index (χ0) is 30.4. The number of aromatic nitrogens is 2. The molecule has 0 saturated carbocycles. The van der Waals surface area contributed by atoms with Crippen LogP contribution in [0.15, 0.2) is 121 Å². The lowest BCUT2D eigenvalue weighted by atomic mass is 9.87. The third-order valence-corrected chi connectivity index (χ3v) is 9.43. The highest BCUT2D eigenvalue weighted by molar-refractivity contribution is 6.26. The summed E-state index contributed by atoms with van der Waals surface area (Å²) in [5.41, 5.74) is 10.2. The van der Waals surface area contributed by atoms with Crippen LogP contribution in [0.1, 0.15) is 52.7 Å². The van der Waals surface area contributed by atoms with E-state index in [1.165, 1.54) is 76.9 Å². The van der Waals surface area contributed by atoms with Crippen molar-refractivity contribution in [3.05, 3.63) is 132 Å². The molecule has 216 valence electrons. The van der Waals surface area contributed by atoms with Gasteiger partial charge < -0.3 is 9.13 Å². The summed E-state index contributed by atoms with van der Waals surface area (Å²) in [6.07, 6.45) is 0. The van der Waals surface area contributed by atoms with Gasteiger partial charge in [0.1, 0.15) is 0 Å². The van der Waals surface area contributed by atoms with Crippen LogP contribution in [0.4, 0.5) is 0 Å². The summed E-state index contributed by atoms with van der Waals surface area (Å²) in [5, 5.41) is 7.62. The maximum atomic E-state index is 2.53. The van der Waals surface area contributed by atoms with Gasteiger partial charge in [-0.1, -0.05) is 133 Å². The average Bonchev–Trinajstić information content (AvgIpc) is 3.54. The van der Waals surface area contributed by atoms with Crippen molar-refractivity contribution in [3.8, 4) is 11.4 Å². The van der Waals surface area contributed by atoms with Gasteiger partial charge in [-0.3, -0.25) is 0 Å². The van der Waals surface area contributed by atoms with Gasteiger partial charge in [0.15, 0.2) is 0 Å². The molecule has 2 aromatic heterocycles. The number of benzene rings is 6. The second-order valence-electron chi connectivity index (χ2n) is 14.3. The maximum Gasteiger partial charge on any atom is 0.0789 e. The van der Waals surface area contributed by atoms with Crippen LogP contribution >= 0.6 is 0 Å². The summed E-state index contributed by atoms with van der Waals surface area (Å²) in [7, 11) is 0. The minimum Gasteiger partial charge on any atom is -0.307 e. The predicted molar refractivity (Wildman–Crippen MR) is 190 cm³/mol. The highest BCUT2D eigenvalue weighted by Crippen LogP contribution is 2.43. The largest absolute Gasteiger partial charge is 0.307 e. The van der Waals surface area contributed by atoms with Crippen LogP contribution in [0.2, 0.25) is 0 Å². The first-order valence-electron chi connectivity index (χ1n) is 15.7. The lowest BCUT2D eigenvalue weighted by molar-refractivity contribution is 0.590. The molecule has 0 fully saturated rings. The molecule has 0 aliphatic heterocycles. The number of rotatable bonds is 2. The summed E-state index contributed by atoms with van der Waals surface area (Å²) < 4.78 is 5.02. The summed E-state index contributed by atoms with van der Waals surface area (Å²) in [6.45, 7) is 13.7. The molecule has 0 saturated heterocycles. The molecule has 8 aromatic rings. The van der Waals surface area contributed by atoms with Crippen molar-refractivity contribution in [1.82, 2.24) is 9.13 Å². The first-order valence-corrected chi connectivity index (χ1v) is 15.7. The molecule has 0 amide bonds. The van der Waals surface area contributed by atoms with E-state index in [1.54, 1.807) is 0 Å². The highest BCUT2D eigenvalue weighted by Gasteiger charge is 2.23. The van der Waals surface area contributed by atoms with E-state index >= 15 is 0 Å². The molecule has 8 rings (SSSR count). The van der Waals surface area contributed by atoms with Gasteiger partial charge >= 0.3 is 0 Å². The molecule has 0 aliphatic carbocycles.